The number of carbonyl (C=O) groups is 1. The van der Waals surface area contributed by atoms with Crippen LogP contribution in [0.5, 0.6) is 0 Å². The maximum Gasteiger partial charge on any atom is 0.220 e. The Hall–Kier alpha value is -0.580. The maximum atomic E-state index is 11.5. The second kappa shape index (κ2) is 9.45. The number of carbonyl (C=O) groups excluding carboxylic acids is 1. The molecule has 1 N–H and O–H groups in total. The Morgan fingerprint density at radius 1 is 1.12 bits per heavy atom. The van der Waals surface area contributed by atoms with Gasteiger partial charge in [-0.1, -0.05) is 52.9 Å². The third-order valence-electron chi connectivity index (χ3n) is 2.59. The summed E-state index contributed by atoms with van der Waals surface area (Å²) in [5.41, 5.74) is 1.31. The normalized spacial score (nSPS) is 10.2. The summed E-state index contributed by atoms with van der Waals surface area (Å²) in [4.78, 5) is 11.5. The zero-order valence-corrected chi connectivity index (χ0v) is 12.3. The van der Waals surface area contributed by atoms with Gasteiger partial charge < -0.3 is 5.32 Å². The van der Waals surface area contributed by atoms with Crippen molar-refractivity contribution in [1.82, 2.24) is 5.32 Å². The molecule has 0 bridgehead atoms. The van der Waals surface area contributed by atoms with Gasteiger partial charge in [0.2, 0.25) is 5.91 Å². The van der Waals surface area contributed by atoms with Crippen LogP contribution < -0.4 is 5.32 Å². The number of alkyl halides is 1. The monoisotopic (exact) mass is 345 g/mol. The van der Waals surface area contributed by atoms with E-state index in [1.54, 1.807) is 0 Å². The number of nitrogens with one attached hydrogen (secondary N) is 1. The minimum absolute atomic E-state index is 0.189. The van der Waals surface area contributed by atoms with Gasteiger partial charge in [-0.15, -0.1) is 0 Å². The molecule has 1 aromatic rings. The van der Waals surface area contributed by atoms with E-state index in [0.717, 1.165) is 25.8 Å². The average molecular weight is 345 g/mol. The molecule has 0 heterocycles. The summed E-state index contributed by atoms with van der Waals surface area (Å²) in [7, 11) is 0. The molecule has 94 valence electrons. The minimum atomic E-state index is 0.189. The Morgan fingerprint density at radius 2 is 1.88 bits per heavy atom. The molecule has 1 amide bonds. The molecule has 0 aromatic heterocycles. The summed E-state index contributed by atoms with van der Waals surface area (Å²) in [6, 6.07) is 10.3. The number of rotatable bonds is 8. The van der Waals surface area contributed by atoms with Crippen molar-refractivity contribution in [1.29, 1.82) is 0 Å². The molecule has 0 unspecified atom stereocenters. The van der Waals surface area contributed by atoms with Crippen LogP contribution >= 0.6 is 22.6 Å². The standard InChI is InChI=1S/C14H20INO/c15-11-4-5-12-16-14(17)10-6-9-13-7-2-1-3-8-13/h1-3,7-8H,4-6,9-12H2,(H,16,17). The number of hydrogen-bond donors (Lipinski definition) is 1. The molecule has 0 radical (unpaired) electrons. The van der Waals surface area contributed by atoms with Crippen LogP contribution in [0.4, 0.5) is 0 Å². The van der Waals surface area contributed by atoms with Gasteiger partial charge in [0.25, 0.3) is 0 Å². The number of unbranched alkanes of at least 4 members (excludes halogenated alkanes) is 1. The zero-order chi connectivity index (χ0) is 12.3. The van der Waals surface area contributed by atoms with Gasteiger partial charge in [0.1, 0.15) is 0 Å². The second-order valence-corrected chi connectivity index (χ2v) is 5.16. The highest BCUT2D eigenvalue weighted by Gasteiger charge is 2.00. The van der Waals surface area contributed by atoms with Crippen molar-refractivity contribution in [3.05, 3.63) is 35.9 Å². The highest BCUT2D eigenvalue weighted by atomic mass is 127. The summed E-state index contributed by atoms with van der Waals surface area (Å²) in [6.07, 6.45) is 4.83. The first-order chi connectivity index (χ1) is 8.33. The van der Waals surface area contributed by atoms with E-state index in [1.165, 1.54) is 16.4 Å². The summed E-state index contributed by atoms with van der Waals surface area (Å²) in [5.74, 6) is 0.189. The highest BCUT2D eigenvalue weighted by molar-refractivity contribution is 14.1. The molecule has 0 spiro atoms. The Morgan fingerprint density at radius 3 is 2.59 bits per heavy atom. The lowest BCUT2D eigenvalue weighted by atomic mass is 10.1. The van der Waals surface area contributed by atoms with E-state index in [2.05, 4.69) is 40.0 Å². The number of halogens is 1. The van der Waals surface area contributed by atoms with Crippen molar-refractivity contribution in [3.63, 3.8) is 0 Å². The maximum absolute atomic E-state index is 11.5. The summed E-state index contributed by atoms with van der Waals surface area (Å²) in [6.45, 7) is 0.827. The Balaban J connectivity index is 2.04. The molecule has 0 atom stereocenters. The van der Waals surface area contributed by atoms with E-state index < -0.39 is 0 Å². The molecule has 0 aliphatic carbocycles. The van der Waals surface area contributed by atoms with E-state index in [1.807, 2.05) is 18.2 Å². The zero-order valence-electron chi connectivity index (χ0n) is 10.1. The van der Waals surface area contributed by atoms with Crippen LogP contribution in [-0.4, -0.2) is 16.9 Å². The van der Waals surface area contributed by atoms with Crippen LogP contribution in [-0.2, 0) is 11.2 Å². The molecule has 0 aliphatic rings. The van der Waals surface area contributed by atoms with Gasteiger partial charge in [0.05, 0.1) is 0 Å². The molecule has 0 saturated carbocycles. The van der Waals surface area contributed by atoms with Crippen LogP contribution in [0.15, 0.2) is 30.3 Å². The van der Waals surface area contributed by atoms with Crippen molar-refractivity contribution in [3.8, 4) is 0 Å². The third-order valence-corrected chi connectivity index (χ3v) is 3.36. The summed E-state index contributed by atoms with van der Waals surface area (Å²) in [5, 5.41) is 2.96. The minimum Gasteiger partial charge on any atom is -0.356 e. The third kappa shape index (κ3) is 7.36. The van der Waals surface area contributed by atoms with E-state index in [-0.39, 0.29) is 5.91 Å². The lowest BCUT2D eigenvalue weighted by Gasteiger charge is -2.04. The topological polar surface area (TPSA) is 29.1 Å². The Kier molecular flexibility index (Phi) is 8.05. The highest BCUT2D eigenvalue weighted by Crippen LogP contribution is 2.04. The van der Waals surface area contributed by atoms with E-state index >= 15 is 0 Å². The summed E-state index contributed by atoms with van der Waals surface area (Å²) >= 11 is 2.36. The number of hydrogen-bond acceptors (Lipinski definition) is 1. The predicted molar refractivity (Wildman–Crippen MR) is 80.5 cm³/mol. The van der Waals surface area contributed by atoms with Crippen molar-refractivity contribution in [2.45, 2.75) is 32.1 Å². The van der Waals surface area contributed by atoms with Crippen LogP contribution in [0, 0.1) is 0 Å². The van der Waals surface area contributed by atoms with Gasteiger partial charge in [-0.25, -0.2) is 0 Å². The fourth-order valence-corrected chi connectivity index (χ4v) is 2.17. The van der Waals surface area contributed by atoms with Gasteiger partial charge in [-0.2, -0.15) is 0 Å². The number of aryl methyl sites for hydroxylation is 1. The van der Waals surface area contributed by atoms with E-state index in [9.17, 15) is 4.79 Å². The van der Waals surface area contributed by atoms with E-state index in [4.69, 9.17) is 0 Å². The number of amides is 1. The van der Waals surface area contributed by atoms with Gasteiger partial charge in [0.15, 0.2) is 0 Å². The fraction of sp³-hybridized carbons (Fsp3) is 0.500. The quantitative estimate of drug-likeness (QED) is 0.437. The SMILES string of the molecule is O=C(CCCc1ccccc1)NCCCCI. The van der Waals surface area contributed by atoms with Crippen molar-refractivity contribution in [2.24, 2.45) is 0 Å². The van der Waals surface area contributed by atoms with Crippen molar-refractivity contribution >= 4 is 28.5 Å². The van der Waals surface area contributed by atoms with Crippen molar-refractivity contribution < 1.29 is 4.79 Å². The predicted octanol–water partition coefficient (Wildman–Crippen LogP) is 3.34. The molecule has 0 fully saturated rings. The molecule has 0 aliphatic heterocycles. The summed E-state index contributed by atoms with van der Waals surface area (Å²) < 4.78 is 1.17. The molecule has 3 heteroatoms. The molecular weight excluding hydrogens is 325 g/mol. The Bertz CT molecular complexity index is 313. The molecule has 1 aromatic carbocycles. The van der Waals surface area contributed by atoms with Gasteiger partial charge in [0, 0.05) is 13.0 Å². The second-order valence-electron chi connectivity index (χ2n) is 4.09. The average Bonchev–Trinajstić information content (AvgIpc) is 2.36. The lowest BCUT2D eigenvalue weighted by Crippen LogP contribution is -2.24. The van der Waals surface area contributed by atoms with Gasteiger partial charge in [-0.3, -0.25) is 4.79 Å². The molecule has 0 saturated heterocycles. The Labute approximate surface area is 117 Å². The fourth-order valence-electron chi connectivity index (χ4n) is 1.63. The smallest absolute Gasteiger partial charge is 0.220 e. The molecule has 17 heavy (non-hydrogen) atoms. The number of benzene rings is 1. The van der Waals surface area contributed by atoms with Crippen LogP contribution in [0.3, 0.4) is 0 Å². The molecule has 1 rings (SSSR count). The largest absolute Gasteiger partial charge is 0.356 e. The first-order valence-electron chi connectivity index (χ1n) is 6.19. The first kappa shape index (κ1) is 14.5. The molecular formula is C14H20INO. The van der Waals surface area contributed by atoms with E-state index in [0.29, 0.717) is 6.42 Å². The van der Waals surface area contributed by atoms with Gasteiger partial charge in [-0.05, 0) is 35.7 Å². The van der Waals surface area contributed by atoms with Crippen LogP contribution in [0.2, 0.25) is 0 Å². The molecule has 2 nitrogen and oxygen atoms in total. The lowest BCUT2D eigenvalue weighted by molar-refractivity contribution is -0.121. The van der Waals surface area contributed by atoms with Gasteiger partial charge >= 0.3 is 0 Å². The van der Waals surface area contributed by atoms with Crippen LogP contribution in [0.1, 0.15) is 31.2 Å². The van der Waals surface area contributed by atoms with Crippen LogP contribution in [0.25, 0.3) is 0 Å². The van der Waals surface area contributed by atoms with Crippen molar-refractivity contribution in [2.75, 3.05) is 11.0 Å². The first-order valence-corrected chi connectivity index (χ1v) is 7.72.